The third-order valence-corrected chi connectivity index (χ3v) is 3.16. The van der Waals surface area contributed by atoms with Crippen LogP contribution in [0.4, 0.5) is 0 Å². The van der Waals surface area contributed by atoms with E-state index in [-0.39, 0.29) is 30.3 Å². The highest BCUT2D eigenvalue weighted by Crippen LogP contribution is 2.36. The smallest absolute Gasteiger partial charge is 0.305 e. The van der Waals surface area contributed by atoms with E-state index in [4.69, 9.17) is 22.4 Å². The summed E-state index contributed by atoms with van der Waals surface area (Å²) in [5, 5.41) is 21.5. The molecule has 0 saturated carbocycles. The Labute approximate surface area is 134 Å². The Morgan fingerprint density at radius 2 is 2.05 bits per heavy atom. The first-order chi connectivity index (χ1) is 8.85. The first kappa shape index (κ1) is 19.0. The first-order valence-corrected chi connectivity index (χ1v) is 6.41. The molecular formula is C11H13BrCl2N2O4. The maximum absolute atomic E-state index is 11.3. The Bertz CT molecular complexity index is 513. The highest BCUT2D eigenvalue weighted by Gasteiger charge is 2.22. The standard InChI is InChI=1S/C11H12BrClN2O4.ClH/c12-7-2-5(13)1-6(11(7)19)8(3-10(17)18)15-9(16)4-14;/h1-2,8,19H,3-4,14H2,(H,15,16)(H,17,18);1H/t8-;/m0./s1. The maximum Gasteiger partial charge on any atom is 0.305 e. The number of phenolic OH excluding ortho intramolecular Hbond substituents is 1. The van der Waals surface area contributed by atoms with Crippen molar-refractivity contribution in [3.8, 4) is 5.75 Å². The summed E-state index contributed by atoms with van der Waals surface area (Å²) in [5.74, 6) is -1.83. The van der Waals surface area contributed by atoms with Crippen molar-refractivity contribution >= 4 is 51.8 Å². The molecule has 0 bridgehead atoms. The molecule has 9 heteroatoms. The van der Waals surface area contributed by atoms with Gasteiger partial charge in [0.15, 0.2) is 0 Å². The van der Waals surface area contributed by atoms with Crippen LogP contribution in [0.3, 0.4) is 0 Å². The van der Waals surface area contributed by atoms with Crippen molar-refractivity contribution in [2.24, 2.45) is 5.73 Å². The molecule has 0 radical (unpaired) electrons. The van der Waals surface area contributed by atoms with Gasteiger partial charge in [-0.15, -0.1) is 12.4 Å². The number of phenols is 1. The van der Waals surface area contributed by atoms with E-state index in [0.717, 1.165) is 0 Å². The molecule has 5 N–H and O–H groups in total. The summed E-state index contributed by atoms with van der Waals surface area (Å²) in [7, 11) is 0. The molecule has 0 heterocycles. The summed E-state index contributed by atoms with van der Waals surface area (Å²) in [6.07, 6.45) is -0.397. The molecule has 1 rings (SSSR count). The van der Waals surface area contributed by atoms with Gasteiger partial charge in [0.25, 0.3) is 0 Å². The van der Waals surface area contributed by atoms with Crippen LogP contribution in [0.25, 0.3) is 0 Å². The molecule has 1 aromatic carbocycles. The molecule has 0 unspecified atom stereocenters. The Morgan fingerprint density at radius 1 is 1.45 bits per heavy atom. The minimum atomic E-state index is -1.13. The molecule has 0 aromatic heterocycles. The first-order valence-electron chi connectivity index (χ1n) is 5.24. The summed E-state index contributed by atoms with van der Waals surface area (Å²) in [6, 6.07) is 1.94. The summed E-state index contributed by atoms with van der Waals surface area (Å²) in [4.78, 5) is 22.1. The lowest BCUT2D eigenvalue weighted by Crippen LogP contribution is -2.34. The number of carboxylic acid groups (broad SMARTS) is 1. The van der Waals surface area contributed by atoms with Crippen LogP contribution in [0.5, 0.6) is 5.75 Å². The molecule has 0 spiro atoms. The normalized spacial score (nSPS) is 11.3. The second-order valence-electron chi connectivity index (χ2n) is 3.75. The highest BCUT2D eigenvalue weighted by molar-refractivity contribution is 9.10. The third-order valence-electron chi connectivity index (χ3n) is 2.33. The average molecular weight is 388 g/mol. The number of amides is 1. The predicted octanol–water partition coefficient (Wildman–Crippen LogP) is 1.82. The SMILES string of the molecule is Cl.NCC(=O)N[C@@H](CC(=O)O)c1cc(Cl)cc(Br)c1O. The molecule has 0 fully saturated rings. The Hall–Kier alpha value is -1.02. The van der Waals surface area contributed by atoms with Gasteiger partial charge < -0.3 is 21.3 Å². The lowest BCUT2D eigenvalue weighted by atomic mass is 10.0. The lowest BCUT2D eigenvalue weighted by molar-refractivity contribution is -0.137. The van der Waals surface area contributed by atoms with Crippen LogP contribution in [0.1, 0.15) is 18.0 Å². The molecule has 1 atom stereocenters. The van der Waals surface area contributed by atoms with Crippen molar-refractivity contribution in [1.82, 2.24) is 5.32 Å². The van der Waals surface area contributed by atoms with E-state index in [2.05, 4.69) is 21.2 Å². The van der Waals surface area contributed by atoms with Crippen molar-refractivity contribution in [3.05, 3.63) is 27.2 Å². The molecule has 20 heavy (non-hydrogen) atoms. The molecule has 112 valence electrons. The number of nitrogens with one attached hydrogen (secondary N) is 1. The van der Waals surface area contributed by atoms with Gasteiger partial charge in [-0.25, -0.2) is 0 Å². The van der Waals surface area contributed by atoms with Crippen molar-refractivity contribution in [1.29, 1.82) is 0 Å². The zero-order chi connectivity index (χ0) is 14.6. The van der Waals surface area contributed by atoms with Crippen LogP contribution in [-0.4, -0.2) is 28.6 Å². The number of hydrogen-bond acceptors (Lipinski definition) is 4. The fourth-order valence-corrected chi connectivity index (χ4v) is 2.35. The number of halogens is 3. The van der Waals surface area contributed by atoms with Crippen molar-refractivity contribution in [2.75, 3.05) is 6.54 Å². The molecule has 6 nitrogen and oxygen atoms in total. The molecule has 1 aromatic rings. The quantitative estimate of drug-likeness (QED) is 0.615. The van der Waals surface area contributed by atoms with E-state index in [1.165, 1.54) is 12.1 Å². The lowest BCUT2D eigenvalue weighted by Gasteiger charge is -2.19. The number of aliphatic carboxylic acids is 1. The second kappa shape index (κ2) is 8.31. The molecule has 0 aliphatic heterocycles. The summed E-state index contributed by atoms with van der Waals surface area (Å²) in [5.41, 5.74) is 5.38. The van der Waals surface area contributed by atoms with Crippen LogP contribution < -0.4 is 11.1 Å². The van der Waals surface area contributed by atoms with E-state index in [0.29, 0.717) is 9.50 Å². The fourth-order valence-electron chi connectivity index (χ4n) is 1.52. The van der Waals surface area contributed by atoms with E-state index in [1.54, 1.807) is 0 Å². The molecular weight excluding hydrogens is 375 g/mol. The van der Waals surface area contributed by atoms with Crippen molar-refractivity contribution in [3.63, 3.8) is 0 Å². The van der Waals surface area contributed by atoms with Gasteiger partial charge >= 0.3 is 5.97 Å². The number of nitrogens with two attached hydrogens (primary N) is 1. The monoisotopic (exact) mass is 386 g/mol. The third kappa shape index (κ3) is 5.16. The van der Waals surface area contributed by atoms with Gasteiger partial charge in [-0.3, -0.25) is 9.59 Å². The Balaban J connectivity index is 0.00000361. The van der Waals surface area contributed by atoms with Crippen molar-refractivity contribution in [2.45, 2.75) is 12.5 Å². The van der Waals surface area contributed by atoms with Crippen LogP contribution in [0.2, 0.25) is 5.02 Å². The number of carboxylic acids is 1. The summed E-state index contributed by atoms with van der Waals surface area (Å²) in [6.45, 7) is -0.279. The predicted molar refractivity (Wildman–Crippen MR) is 80.3 cm³/mol. The second-order valence-corrected chi connectivity index (χ2v) is 5.04. The van der Waals surface area contributed by atoms with Crippen molar-refractivity contribution < 1.29 is 19.8 Å². The summed E-state index contributed by atoms with van der Waals surface area (Å²) >= 11 is 8.94. The number of carbonyl (C=O) groups excluding carboxylic acids is 1. The molecule has 0 saturated heterocycles. The number of hydrogen-bond donors (Lipinski definition) is 4. The van der Waals surface area contributed by atoms with Gasteiger partial charge in [0, 0.05) is 10.6 Å². The fraction of sp³-hybridized carbons (Fsp3) is 0.273. The van der Waals surface area contributed by atoms with Crippen LogP contribution in [0, 0.1) is 0 Å². The van der Waals surface area contributed by atoms with Gasteiger partial charge in [-0.1, -0.05) is 11.6 Å². The maximum atomic E-state index is 11.3. The highest BCUT2D eigenvalue weighted by atomic mass is 79.9. The van der Waals surface area contributed by atoms with Crippen LogP contribution in [0.15, 0.2) is 16.6 Å². The Kier molecular flexibility index (Phi) is 7.88. The minimum absolute atomic E-state index is 0. The van der Waals surface area contributed by atoms with Gasteiger partial charge in [-0.2, -0.15) is 0 Å². The Morgan fingerprint density at radius 3 is 2.55 bits per heavy atom. The molecule has 0 aliphatic rings. The van der Waals surface area contributed by atoms with Gasteiger partial charge in [-0.05, 0) is 28.1 Å². The zero-order valence-electron chi connectivity index (χ0n) is 10.1. The van der Waals surface area contributed by atoms with E-state index in [1.807, 2.05) is 0 Å². The summed E-state index contributed by atoms with van der Waals surface area (Å²) < 4.78 is 0.312. The minimum Gasteiger partial charge on any atom is -0.506 e. The van der Waals surface area contributed by atoms with Gasteiger partial charge in [0.1, 0.15) is 5.75 Å². The number of benzene rings is 1. The number of carbonyl (C=O) groups is 2. The largest absolute Gasteiger partial charge is 0.506 e. The van der Waals surface area contributed by atoms with E-state index in [9.17, 15) is 14.7 Å². The van der Waals surface area contributed by atoms with Gasteiger partial charge in [0.05, 0.1) is 23.5 Å². The molecule has 0 aliphatic carbocycles. The van der Waals surface area contributed by atoms with E-state index >= 15 is 0 Å². The number of aromatic hydroxyl groups is 1. The van der Waals surface area contributed by atoms with Gasteiger partial charge in [0.2, 0.25) is 5.91 Å². The molecule has 1 amide bonds. The number of rotatable bonds is 5. The topological polar surface area (TPSA) is 113 Å². The van der Waals surface area contributed by atoms with Crippen LogP contribution in [-0.2, 0) is 9.59 Å². The van der Waals surface area contributed by atoms with Crippen LogP contribution >= 0.6 is 39.9 Å². The average Bonchev–Trinajstić information content (AvgIpc) is 2.32. The van der Waals surface area contributed by atoms with E-state index < -0.39 is 24.3 Å². The zero-order valence-corrected chi connectivity index (χ0v) is 13.3.